The molecule has 2 aliphatic rings. The van der Waals surface area contributed by atoms with E-state index in [2.05, 4.69) is 71.4 Å². The summed E-state index contributed by atoms with van der Waals surface area (Å²) in [5, 5.41) is 6.18. The first kappa shape index (κ1) is 19.2. The summed E-state index contributed by atoms with van der Waals surface area (Å²) in [6.45, 7) is 13.0. The number of hydrogen-bond acceptors (Lipinski definition) is 3. The van der Waals surface area contributed by atoms with E-state index >= 15 is 0 Å². The van der Waals surface area contributed by atoms with E-state index in [0.717, 1.165) is 65.0 Å². The number of aliphatic imine (C=N–C) groups is 1. The molecular weight excluding hydrogens is 348 g/mol. The number of piperazine rings is 1. The smallest absolute Gasteiger partial charge is 0.194 e. The summed E-state index contributed by atoms with van der Waals surface area (Å²) in [5.41, 5.74) is 1.64. The topological polar surface area (TPSA) is 40.1 Å². The minimum Gasteiger partial charge on any atom is -0.380 e. The van der Waals surface area contributed by atoms with Gasteiger partial charge in [0.1, 0.15) is 0 Å². The highest BCUT2D eigenvalue weighted by Crippen LogP contribution is 2.26. The third kappa shape index (κ3) is 4.31. The highest BCUT2D eigenvalue weighted by atomic mass is 16.5. The van der Waals surface area contributed by atoms with Crippen LogP contribution >= 0.6 is 0 Å². The Hall–Kier alpha value is -2.11. The van der Waals surface area contributed by atoms with Gasteiger partial charge in [-0.2, -0.15) is 0 Å². The van der Waals surface area contributed by atoms with Gasteiger partial charge in [0, 0.05) is 44.7 Å². The molecule has 4 rings (SSSR count). The van der Waals surface area contributed by atoms with Crippen molar-refractivity contribution in [3.8, 4) is 0 Å². The first-order valence-electron chi connectivity index (χ1n) is 10.5. The molecule has 1 N–H and O–H groups in total. The van der Waals surface area contributed by atoms with E-state index in [9.17, 15) is 0 Å². The lowest BCUT2D eigenvalue weighted by Gasteiger charge is -2.39. The van der Waals surface area contributed by atoms with Gasteiger partial charge in [-0.25, -0.2) is 0 Å². The summed E-state index contributed by atoms with van der Waals surface area (Å²) in [7, 11) is 0. The van der Waals surface area contributed by atoms with Crippen LogP contribution in [0.2, 0.25) is 0 Å². The van der Waals surface area contributed by atoms with Crippen LogP contribution in [0.25, 0.3) is 10.8 Å². The van der Waals surface area contributed by atoms with Crippen LogP contribution in [0.4, 0.5) is 0 Å². The molecule has 0 spiro atoms. The number of fused-ring (bicyclic) bond motifs is 1. The monoisotopic (exact) mass is 380 g/mol. The lowest BCUT2D eigenvalue weighted by Crippen LogP contribution is -2.52. The Labute approximate surface area is 168 Å². The van der Waals surface area contributed by atoms with Gasteiger partial charge < -0.3 is 15.0 Å². The molecule has 0 aliphatic carbocycles. The first-order chi connectivity index (χ1) is 13.7. The summed E-state index contributed by atoms with van der Waals surface area (Å²) in [6.07, 6.45) is 0. The Bertz CT molecular complexity index is 817. The van der Waals surface area contributed by atoms with Gasteiger partial charge in [-0.05, 0) is 23.3 Å². The van der Waals surface area contributed by atoms with Gasteiger partial charge in [-0.15, -0.1) is 0 Å². The molecule has 0 atom stereocenters. The Kier molecular flexibility index (Phi) is 5.83. The lowest BCUT2D eigenvalue weighted by atomic mass is 9.89. The van der Waals surface area contributed by atoms with Gasteiger partial charge in [0.15, 0.2) is 5.96 Å². The average molecular weight is 381 g/mol. The number of ether oxygens (including phenoxy) is 1. The van der Waals surface area contributed by atoms with Crippen molar-refractivity contribution in [2.45, 2.75) is 20.4 Å². The maximum absolute atomic E-state index is 5.37. The van der Waals surface area contributed by atoms with Crippen molar-refractivity contribution in [3.63, 3.8) is 0 Å². The van der Waals surface area contributed by atoms with E-state index in [1.807, 2.05) is 0 Å². The van der Waals surface area contributed by atoms with Crippen molar-refractivity contribution in [2.24, 2.45) is 10.4 Å². The highest BCUT2D eigenvalue weighted by Gasteiger charge is 2.33. The van der Waals surface area contributed by atoms with E-state index in [1.165, 1.54) is 16.3 Å². The Balaban J connectivity index is 1.37. The van der Waals surface area contributed by atoms with Crippen LogP contribution in [0, 0.1) is 5.41 Å². The molecular formula is C23H32N4O. The number of nitrogens with one attached hydrogen (secondary N) is 1. The first-order valence-corrected chi connectivity index (χ1v) is 10.5. The fraction of sp³-hybridized carbons (Fsp3) is 0.522. The summed E-state index contributed by atoms with van der Waals surface area (Å²) in [5.74, 6) is 1.06. The SMILES string of the molecule is CCNC(=NCC1(C)COC1)N1CCN(Cc2cccc3ccccc23)CC1. The zero-order valence-corrected chi connectivity index (χ0v) is 17.2. The lowest BCUT2D eigenvalue weighted by molar-refractivity contribution is -0.0946. The number of benzene rings is 2. The molecule has 2 fully saturated rings. The second-order valence-corrected chi connectivity index (χ2v) is 8.38. The quantitative estimate of drug-likeness (QED) is 0.640. The van der Waals surface area contributed by atoms with Gasteiger partial charge in [0.25, 0.3) is 0 Å². The van der Waals surface area contributed by atoms with E-state index in [4.69, 9.17) is 9.73 Å². The van der Waals surface area contributed by atoms with Gasteiger partial charge in [0.05, 0.1) is 19.8 Å². The number of nitrogens with zero attached hydrogens (tertiary/aromatic N) is 3. The van der Waals surface area contributed by atoms with Gasteiger partial charge in [-0.3, -0.25) is 9.89 Å². The molecule has 2 saturated heterocycles. The van der Waals surface area contributed by atoms with Crippen molar-refractivity contribution in [3.05, 3.63) is 48.0 Å². The van der Waals surface area contributed by atoms with Crippen LogP contribution in [0.1, 0.15) is 19.4 Å². The normalized spacial score (nSPS) is 20.2. The molecule has 2 aromatic rings. The van der Waals surface area contributed by atoms with Crippen molar-refractivity contribution in [1.29, 1.82) is 0 Å². The second kappa shape index (κ2) is 8.50. The van der Waals surface area contributed by atoms with E-state index < -0.39 is 0 Å². The second-order valence-electron chi connectivity index (χ2n) is 8.38. The minimum absolute atomic E-state index is 0.219. The fourth-order valence-electron chi connectivity index (χ4n) is 4.02. The third-order valence-corrected chi connectivity index (χ3v) is 5.79. The van der Waals surface area contributed by atoms with Crippen LogP contribution in [0.3, 0.4) is 0 Å². The van der Waals surface area contributed by atoms with Crippen LogP contribution in [0.5, 0.6) is 0 Å². The van der Waals surface area contributed by atoms with Crippen LogP contribution < -0.4 is 5.32 Å². The van der Waals surface area contributed by atoms with E-state index in [1.54, 1.807) is 0 Å². The van der Waals surface area contributed by atoms with Crippen molar-refractivity contribution < 1.29 is 4.74 Å². The van der Waals surface area contributed by atoms with E-state index in [0.29, 0.717) is 0 Å². The van der Waals surface area contributed by atoms with Crippen molar-refractivity contribution in [2.75, 3.05) is 52.5 Å². The minimum atomic E-state index is 0.219. The van der Waals surface area contributed by atoms with Crippen LogP contribution in [0.15, 0.2) is 47.5 Å². The number of hydrogen-bond donors (Lipinski definition) is 1. The Morgan fingerprint density at radius 3 is 2.54 bits per heavy atom. The zero-order valence-electron chi connectivity index (χ0n) is 17.2. The number of rotatable bonds is 5. The standard InChI is InChI=1S/C23H32N4O/c1-3-24-22(25-16-23(2)17-28-18-23)27-13-11-26(12-14-27)15-20-9-6-8-19-7-4-5-10-21(19)20/h4-10H,3,11-18H2,1-2H3,(H,24,25). The molecule has 28 heavy (non-hydrogen) atoms. The molecule has 2 aromatic carbocycles. The highest BCUT2D eigenvalue weighted by molar-refractivity contribution is 5.85. The average Bonchev–Trinajstić information content (AvgIpc) is 2.71. The molecule has 0 unspecified atom stereocenters. The van der Waals surface area contributed by atoms with Crippen LogP contribution in [-0.2, 0) is 11.3 Å². The maximum atomic E-state index is 5.37. The molecule has 0 aromatic heterocycles. The summed E-state index contributed by atoms with van der Waals surface area (Å²) < 4.78 is 5.37. The Morgan fingerprint density at radius 2 is 1.82 bits per heavy atom. The largest absolute Gasteiger partial charge is 0.380 e. The molecule has 5 nitrogen and oxygen atoms in total. The summed E-state index contributed by atoms with van der Waals surface area (Å²) >= 11 is 0. The molecule has 0 radical (unpaired) electrons. The van der Waals surface area contributed by atoms with Gasteiger partial charge >= 0.3 is 0 Å². The van der Waals surface area contributed by atoms with Gasteiger partial charge in [0.2, 0.25) is 0 Å². The number of guanidine groups is 1. The van der Waals surface area contributed by atoms with Crippen LogP contribution in [-0.4, -0.2) is 68.2 Å². The predicted octanol–water partition coefficient (Wildman–Crippen LogP) is 2.96. The molecule has 2 aliphatic heterocycles. The maximum Gasteiger partial charge on any atom is 0.194 e. The zero-order chi connectivity index (χ0) is 19.4. The molecule has 150 valence electrons. The Morgan fingerprint density at radius 1 is 1.07 bits per heavy atom. The third-order valence-electron chi connectivity index (χ3n) is 5.79. The van der Waals surface area contributed by atoms with Gasteiger partial charge in [-0.1, -0.05) is 49.4 Å². The molecule has 2 heterocycles. The molecule has 0 saturated carbocycles. The van der Waals surface area contributed by atoms with E-state index in [-0.39, 0.29) is 5.41 Å². The summed E-state index contributed by atoms with van der Waals surface area (Å²) in [6, 6.07) is 15.3. The fourth-order valence-corrected chi connectivity index (χ4v) is 4.02. The molecule has 5 heteroatoms. The molecule has 0 bridgehead atoms. The van der Waals surface area contributed by atoms with Crippen molar-refractivity contribution in [1.82, 2.24) is 15.1 Å². The predicted molar refractivity (Wildman–Crippen MR) is 116 cm³/mol. The summed E-state index contributed by atoms with van der Waals surface area (Å²) in [4.78, 5) is 9.88. The van der Waals surface area contributed by atoms with Crippen molar-refractivity contribution >= 4 is 16.7 Å². The molecule has 0 amide bonds.